The number of aliphatic carboxylic acids is 1. The van der Waals surface area contributed by atoms with Crippen LogP contribution in [0.5, 0.6) is 0 Å². The average Bonchev–Trinajstić information content (AvgIpc) is 2.46. The van der Waals surface area contributed by atoms with Crippen LogP contribution < -0.4 is 0 Å². The molecule has 2 rings (SSSR count). The van der Waals surface area contributed by atoms with Crippen molar-refractivity contribution in [1.29, 1.82) is 0 Å². The molecule has 6 nitrogen and oxygen atoms in total. The summed E-state index contributed by atoms with van der Waals surface area (Å²) in [6, 6.07) is 7.74. The van der Waals surface area contributed by atoms with E-state index < -0.39 is 22.7 Å². The molecular weight excluding hydrogens is 292 g/mol. The molecule has 0 aromatic heterocycles. The number of hydrogen-bond donors (Lipinski definition) is 1. The van der Waals surface area contributed by atoms with Crippen LogP contribution in [-0.2, 0) is 28.0 Å². The van der Waals surface area contributed by atoms with Gasteiger partial charge in [0.2, 0.25) is 0 Å². The molecule has 7 heteroatoms. The summed E-state index contributed by atoms with van der Waals surface area (Å²) in [6.45, 7) is 2.24. The molecule has 0 radical (unpaired) electrons. The Morgan fingerprint density at radius 2 is 2.00 bits per heavy atom. The average molecular weight is 312 g/mol. The molecular formula is C14H20N2O4S. The van der Waals surface area contributed by atoms with Gasteiger partial charge < -0.3 is 5.11 Å². The number of fused-ring (bicyclic) bond motifs is 1. The lowest BCUT2D eigenvalue weighted by Gasteiger charge is -2.32. The second kappa shape index (κ2) is 6.55. The third-order valence-electron chi connectivity index (χ3n) is 3.53. The predicted octanol–water partition coefficient (Wildman–Crippen LogP) is 1.09. The van der Waals surface area contributed by atoms with Crippen molar-refractivity contribution in [2.24, 2.45) is 0 Å². The van der Waals surface area contributed by atoms with E-state index in [4.69, 9.17) is 5.11 Å². The molecule has 1 aromatic carbocycles. The maximum Gasteiger partial charge on any atom is 0.318 e. The number of rotatable bonds is 6. The summed E-state index contributed by atoms with van der Waals surface area (Å²) in [6.07, 6.45) is 1.24. The van der Waals surface area contributed by atoms with Gasteiger partial charge in [-0.1, -0.05) is 31.2 Å². The van der Waals surface area contributed by atoms with Gasteiger partial charge in [-0.25, -0.2) is 0 Å². The Balaban J connectivity index is 2.21. The molecule has 0 bridgehead atoms. The van der Waals surface area contributed by atoms with E-state index in [2.05, 4.69) is 0 Å². The van der Waals surface area contributed by atoms with E-state index in [1.54, 1.807) is 0 Å². The van der Waals surface area contributed by atoms with Gasteiger partial charge in [-0.3, -0.25) is 4.79 Å². The lowest BCUT2D eigenvalue weighted by Crippen LogP contribution is -2.47. The van der Waals surface area contributed by atoms with E-state index in [1.807, 2.05) is 31.2 Å². The molecule has 0 atom stereocenters. The molecule has 1 N–H and O–H groups in total. The number of carboxylic acid groups (broad SMARTS) is 1. The number of carbonyl (C=O) groups is 1. The Hall–Kier alpha value is -1.44. The molecule has 1 aromatic rings. The van der Waals surface area contributed by atoms with Crippen LogP contribution in [0.4, 0.5) is 0 Å². The second-order valence-corrected chi connectivity index (χ2v) is 7.02. The Kier molecular flexibility index (Phi) is 4.97. The Labute approximate surface area is 125 Å². The smallest absolute Gasteiger partial charge is 0.318 e. The number of carboxylic acids is 1. The van der Waals surface area contributed by atoms with Gasteiger partial charge >= 0.3 is 5.97 Å². The van der Waals surface area contributed by atoms with Gasteiger partial charge in [0, 0.05) is 19.6 Å². The van der Waals surface area contributed by atoms with E-state index in [0.29, 0.717) is 25.9 Å². The Bertz CT molecular complexity index is 615. The normalized spacial score (nSPS) is 15.9. The number of hydrogen-bond acceptors (Lipinski definition) is 3. The van der Waals surface area contributed by atoms with Crippen LogP contribution in [0.3, 0.4) is 0 Å². The maximum atomic E-state index is 12.6. The van der Waals surface area contributed by atoms with Crippen molar-refractivity contribution in [3.63, 3.8) is 0 Å². The summed E-state index contributed by atoms with van der Waals surface area (Å²) < 4.78 is 27.6. The standard InChI is InChI=1S/C14H20N2O4S/c1-2-8-15(11-14(17)18)21(19,20)16-9-7-12-5-3-4-6-13(12)10-16/h3-6H,2,7-11H2,1H3,(H,17,18). The van der Waals surface area contributed by atoms with Crippen LogP contribution in [0.15, 0.2) is 24.3 Å². The monoisotopic (exact) mass is 312 g/mol. The second-order valence-electron chi connectivity index (χ2n) is 5.09. The first-order valence-corrected chi connectivity index (χ1v) is 8.38. The highest BCUT2D eigenvalue weighted by atomic mass is 32.2. The largest absolute Gasteiger partial charge is 0.480 e. The minimum Gasteiger partial charge on any atom is -0.480 e. The van der Waals surface area contributed by atoms with Gasteiger partial charge in [0.05, 0.1) is 0 Å². The Morgan fingerprint density at radius 1 is 1.33 bits per heavy atom. The lowest BCUT2D eigenvalue weighted by molar-refractivity contribution is -0.137. The molecule has 0 unspecified atom stereocenters. The Morgan fingerprint density at radius 3 is 2.62 bits per heavy atom. The molecule has 0 amide bonds. The minimum atomic E-state index is -3.74. The fraction of sp³-hybridized carbons (Fsp3) is 0.500. The van der Waals surface area contributed by atoms with Crippen LogP contribution in [0.1, 0.15) is 24.5 Å². The molecule has 0 spiro atoms. The molecule has 0 aliphatic carbocycles. The zero-order valence-corrected chi connectivity index (χ0v) is 12.8. The molecule has 0 saturated carbocycles. The van der Waals surface area contributed by atoms with Crippen LogP contribution in [0, 0.1) is 0 Å². The number of nitrogens with zero attached hydrogens (tertiary/aromatic N) is 2. The minimum absolute atomic E-state index is 0.215. The van der Waals surface area contributed by atoms with Crippen LogP contribution in [0.25, 0.3) is 0 Å². The van der Waals surface area contributed by atoms with Crippen LogP contribution >= 0.6 is 0 Å². The third kappa shape index (κ3) is 3.61. The third-order valence-corrected chi connectivity index (χ3v) is 5.46. The van der Waals surface area contributed by atoms with Gasteiger partial charge in [-0.2, -0.15) is 17.0 Å². The summed E-state index contributed by atoms with van der Waals surface area (Å²) in [4.78, 5) is 10.9. The first kappa shape index (κ1) is 15.9. The van der Waals surface area contributed by atoms with Gasteiger partial charge in [-0.05, 0) is 24.0 Å². The van der Waals surface area contributed by atoms with E-state index >= 15 is 0 Å². The van der Waals surface area contributed by atoms with Crippen LogP contribution in [-0.4, -0.2) is 47.7 Å². The molecule has 0 fully saturated rings. The van der Waals surface area contributed by atoms with E-state index in [9.17, 15) is 13.2 Å². The highest BCUT2D eigenvalue weighted by Crippen LogP contribution is 2.22. The van der Waals surface area contributed by atoms with Crippen molar-refractivity contribution in [3.8, 4) is 0 Å². The first-order valence-electron chi connectivity index (χ1n) is 6.99. The SMILES string of the molecule is CCCN(CC(=O)O)S(=O)(=O)N1CCc2ccccc2C1. The van der Waals surface area contributed by atoms with Crippen LogP contribution in [0.2, 0.25) is 0 Å². The van der Waals surface area contributed by atoms with Crippen molar-refractivity contribution in [3.05, 3.63) is 35.4 Å². The first-order chi connectivity index (χ1) is 9.95. The van der Waals surface area contributed by atoms with Gasteiger partial charge in [0.15, 0.2) is 0 Å². The van der Waals surface area contributed by atoms with Gasteiger partial charge in [0.1, 0.15) is 6.54 Å². The van der Waals surface area contributed by atoms with E-state index in [1.165, 1.54) is 4.31 Å². The highest BCUT2D eigenvalue weighted by molar-refractivity contribution is 7.86. The molecule has 1 aliphatic heterocycles. The molecule has 1 aliphatic rings. The summed E-state index contributed by atoms with van der Waals surface area (Å²) in [5.41, 5.74) is 2.14. The fourth-order valence-electron chi connectivity index (χ4n) is 2.51. The molecule has 116 valence electrons. The summed E-state index contributed by atoms with van der Waals surface area (Å²) in [5, 5.41) is 8.91. The molecule has 21 heavy (non-hydrogen) atoms. The fourth-order valence-corrected chi connectivity index (χ4v) is 4.14. The van der Waals surface area contributed by atoms with Crippen molar-refractivity contribution in [2.75, 3.05) is 19.6 Å². The maximum absolute atomic E-state index is 12.6. The van der Waals surface area contributed by atoms with E-state index in [0.717, 1.165) is 15.4 Å². The van der Waals surface area contributed by atoms with Gasteiger partial charge in [-0.15, -0.1) is 0 Å². The summed E-state index contributed by atoms with van der Waals surface area (Å²) in [5.74, 6) is -1.13. The van der Waals surface area contributed by atoms with Crippen molar-refractivity contribution < 1.29 is 18.3 Å². The zero-order chi connectivity index (χ0) is 15.5. The predicted molar refractivity (Wildman–Crippen MR) is 79.0 cm³/mol. The topological polar surface area (TPSA) is 77.9 Å². The van der Waals surface area contributed by atoms with Crippen molar-refractivity contribution in [1.82, 2.24) is 8.61 Å². The van der Waals surface area contributed by atoms with Crippen molar-refractivity contribution in [2.45, 2.75) is 26.3 Å². The summed E-state index contributed by atoms with van der Waals surface area (Å²) in [7, 11) is -3.74. The highest BCUT2D eigenvalue weighted by Gasteiger charge is 2.32. The quantitative estimate of drug-likeness (QED) is 0.853. The van der Waals surface area contributed by atoms with Gasteiger partial charge in [0.25, 0.3) is 10.2 Å². The molecule has 1 heterocycles. The lowest BCUT2D eigenvalue weighted by atomic mass is 10.0. The van der Waals surface area contributed by atoms with E-state index in [-0.39, 0.29) is 6.54 Å². The molecule has 0 saturated heterocycles. The number of benzene rings is 1. The van der Waals surface area contributed by atoms with Crippen molar-refractivity contribution >= 4 is 16.2 Å². The summed E-state index contributed by atoms with van der Waals surface area (Å²) >= 11 is 0. The zero-order valence-electron chi connectivity index (χ0n) is 12.0.